The third kappa shape index (κ3) is 1.85. The monoisotopic (exact) mass is 291 g/mol. The molecule has 2 atom stereocenters. The second-order valence-electron chi connectivity index (χ2n) is 5.37. The van der Waals surface area contributed by atoms with Crippen LogP contribution < -0.4 is 4.90 Å². The van der Waals surface area contributed by atoms with Gasteiger partial charge in [-0.3, -0.25) is 9.59 Å². The molecule has 1 aromatic rings. The average molecular weight is 292 g/mol. The summed E-state index contributed by atoms with van der Waals surface area (Å²) in [5.74, 6) is -0.569. The lowest BCUT2D eigenvalue weighted by molar-refractivity contribution is -0.122. The van der Waals surface area contributed by atoms with Crippen LogP contribution in [-0.4, -0.2) is 22.9 Å². The summed E-state index contributed by atoms with van der Waals surface area (Å²) in [6, 6.07) is 5.52. The number of carbonyl (C=O) groups is 2. The standard InChI is InChI=1S/C14H14ClN3O2/c1-8-3-4-10(5-9(8)2)18-12(19)7-14(13(18)20)6-11(15)16-17-14/h3-5,11H,6-7H2,1-2H3/t11-,14+/m0/s1. The maximum Gasteiger partial charge on any atom is 0.264 e. The van der Waals surface area contributed by atoms with E-state index in [-0.39, 0.29) is 18.2 Å². The number of anilines is 1. The van der Waals surface area contributed by atoms with Gasteiger partial charge in [0.15, 0.2) is 5.54 Å². The molecule has 3 rings (SSSR count). The maximum atomic E-state index is 12.6. The SMILES string of the molecule is Cc1ccc(N2C(=O)C[C@]3(C[C@@H](Cl)N=N3)C2=O)cc1C. The van der Waals surface area contributed by atoms with Crippen LogP contribution in [0.1, 0.15) is 24.0 Å². The second kappa shape index (κ2) is 4.38. The van der Waals surface area contributed by atoms with Gasteiger partial charge >= 0.3 is 0 Å². The fourth-order valence-corrected chi connectivity index (χ4v) is 2.92. The van der Waals surface area contributed by atoms with E-state index in [1.165, 1.54) is 4.90 Å². The lowest BCUT2D eigenvalue weighted by Gasteiger charge is -2.18. The molecule has 2 aliphatic rings. The van der Waals surface area contributed by atoms with Gasteiger partial charge in [0.1, 0.15) is 5.50 Å². The van der Waals surface area contributed by atoms with Gasteiger partial charge in [0.2, 0.25) is 5.91 Å². The van der Waals surface area contributed by atoms with Gasteiger partial charge in [-0.05, 0) is 37.1 Å². The number of halogens is 1. The zero-order chi connectivity index (χ0) is 14.5. The third-order valence-corrected chi connectivity index (χ3v) is 4.17. The van der Waals surface area contributed by atoms with Gasteiger partial charge in [-0.25, -0.2) is 4.90 Å². The first-order valence-corrected chi connectivity index (χ1v) is 6.87. The minimum atomic E-state index is -1.08. The summed E-state index contributed by atoms with van der Waals surface area (Å²) in [7, 11) is 0. The highest BCUT2D eigenvalue weighted by molar-refractivity contribution is 6.26. The molecule has 2 amide bonds. The number of carbonyl (C=O) groups excluding carboxylic acids is 2. The number of alkyl halides is 1. The second-order valence-corrected chi connectivity index (χ2v) is 5.87. The maximum absolute atomic E-state index is 12.6. The minimum Gasteiger partial charge on any atom is -0.274 e. The number of amides is 2. The van der Waals surface area contributed by atoms with E-state index >= 15 is 0 Å². The molecule has 0 unspecified atom stereocenters. The Morgan fingerprint density at radius 3 is 2.65 bits per heavy atom. The van der Waals surface area contributed by atoms with Crippen molar-refractivity contribution in [2.75, 3.05) is 4.90 Å². The molecule has 0 aromatic heterocycles. The van der Waals surface area contributed by atoms with Crippen LogP contribution in [0, 0.1) is 13.8 Å². The first-order chi connectivity index (χ1) is 9.43. The summed E-state index contributed by atoms with van der Waals surface area (Å²) in [6.45, 7) is 3.93. The smallest absolute Gasteiger partial charge is 0.264 e. The Hall–Kier alpha value is -1.75. The van der Waals surface area contributed by atoms with Crippen LogP contribution in [0.25, 0.3) is 0 Å². The fourth-order valence-electron chi connectivity index (χ4n) is 2.62. The van der Waals surface area contributed by atoms with Gasteiger partial charge in [0.05, 0.1) is 12.1 Å². The number of hydrogen-bond acceptors (Lipinski definition) is 4. The molecule has 6 heteroatoms. The number of rotatable bonds is 1. The summed E-state index contributed by atoms with van der Waals surface area (Å²) >= 11 is 5.89. The van der Waals surface area contributed by atoms with E-state index < -0.39 is 11.0 Å². The Balaban J connectivity index is 1.99. The van der Waals surface area contributed by atoms with Crippen LogP contribution in [0.15, 0.2) is 28.4 Å². The van der Waals surface area contributed by atoms with Crippen LogP contribution in [0.5, 0.6) is 0 Å². The summed E-state index contributed by atoms with van der Waals surface area (Å²) < 4.78 is 0. The highest BCUT2D eigenvalue weighted by Crippen LogP contribution is 2.40. The number of imide groups is 1. The molecule has 0 radical (unpaired) electrons. The molecule has 5 nitrogen and oxygen atoms in total. The molecule has 0 aliphatic carbocycles. The first kappa shape index (κ1) is 13.2. The van der Waals surface area contributed by atoms with Gasteiger partial charge < -0.3 is 0 Å². The summed E-state index contributed by atoms with van der Waals surface area (Å²) in [6.07, 6.45) is 0.339. The fraction of sp³-hybridized carbons (Fsp3) is 0.429. The van der Waals surface area contributed by atoms with E-state index in [1.807, 2.05) is 26.0 Å². The molecule has 2 heterocycles. The molecule has 1 aromatic carbocycles. The van der Waals surface area contributed by atoms with E-state index in [0.717, 1.165) is 11.1 Å². The van der Waals surface area contributed by atoms with Crippen molar-refractivity contribution >= 4 is 29.1 Å². The largest absolute Gasteiger partial charge is 0.274 e. The average Bonchev–Trinajstić information content (AvgIpc) is 2.86. The number of aryl methyl sites for hydroxylation is 2. The molecule has 104 valence electrons. The van der Waals surface area contributed by atoms with E-state index in [4.69, 9.17) is 11.6 Å². The molecule has 2 aliphatic heterocycles. The molecule has 1 saturated heterocycles. The van der Waals surface area contributed by atoms with E-state index in [9.17, 15) is 9.59 Å². The van der Waals surface area contributed by atoms with Gasteiger partial charge in [-0.15, -0.1) is 0 Å². The van der Waals surface area contributed by atoms with Crippen LogP contribution >= 0.6 is 11.6 Å². The van der Waals surface area contributed by atoms with E-state index in [2.05, 4.69) is 10.2 Å². The van der Waals surface area contributed by atoms with Crippen molar-refractivity contribution in [3.8, 4) is 0 Å². The van der Waals surface area contributed by atoms with Gasteiger partial charge in [0, 0.05) is 6.42 Å². The lowest BCUT2D eigenvalue weighted by atomic mass is 9.95. The van der Waals surface area contributed by atoms with Gasteiger partial charge in [0.25, 0.3) is 5.91 Å². The Morgan fingerprint density at radius 1 is 1.30 bits per heavy atom. The van der Waals surface area contributed by atoms with Crippen molar-refractivity contribution in [3.05, 3.63) is 29.3 Å². The predicted octanol–water partition coefficient (Wildman–Crippen LogP) is 2.73. The Labute approximate surface area is 121 Å². The molecule has 1 fully saturated rings. The normalized spacial score (nSPS) is 28.9. The number of nitrogens with zero attached hydrogens (tertiary/aromatic N) is 3. The van der Waals surface area contributed by atoms with Gasteiger partial charge in [-0.1, -0.05) is 17.7 Å². The topological polar surface area (TPSA) is 62.1 Å². The summed E-state index contributed by atoms with van der Waals surface area (Å²) in [5.41, 5.74) is 1.14. The van der Waals surface area contributed by atoms with Crippen molar-refractivity contribution in [2.45, 2.75) is 37.7 Å². The van der Waals surface area contributed by atoms with E-state index in [1.54, 1.807) is 6.07 Å². The third-order valence-electron chi connectivity index (χ3n) is 3.92. The predicted molar refractivity (Wildman–Crippen MR) is 74.9 cm³/mol. The van der Waals surface area contributed by atoms with Crippen molar-refractivity contribution in [2.24, 2.45) is 10.2 Å². The lowest BCUT2D eigenvalue weighted by Crippen LogP contribution is -2.38. The molecule has 1 spiro atoms. The number of hydrogen-bond donors (Lipinski definition) is 0. The zero-order valence-electron chi connectivity index (χ0n) is 11.3. The summed E-state index contributed by atoms with van der Waals surface area (Å²) in [5, 5.41) is 7.78. The molecule has 20 heavy (non-hydrogen) atoms. The highest BCUT2D eigenvalue weighted by atomic mass is 35.5. The van der Waals surface area contributed by atoms with Crippen LogP contribution in [0.3, 0.4) is 0 Å². The molecule has 0 N–H and O–H groups in total. The quantitative estimate of drug-likeness (QED) is 0.454. The summed E-state index contributed by atoms with van der Waals surface area (Å²) in [4.78, 5) is 26.0. The van der Waals surface area contributed by atoms with Crippen LogP contribution in [-0.2, 0) is 9.59 Å². The van der Waals surface area contributed by atoms with E-state index in [0.29, 0.717) is 12.1 Å². The number of benzene rings is 1. The van der Waals surface area contributed by atoms with Crippen molar-refractivity contribution < 1.29 is 9.59 Å². The van der Waals surface area contributed by atoms with Crippen molar-refractivity contribution in [1.82, 2.24) is 0 Å². The first-order valence-electron chi connectivity index (χ1n) is 6.44. The van der Waals surface area contributed by atoms with Crippen LogP contribution in [0.2, 0.25) is 0 Å². The van der Waals surface area contributed by atoms with Crippen molar-refractivity contribution in [1.29, 1.82) is 0 Å². The minimum absolute atomic E-state index is 0.0471. The Morgan fingerprint density at radius 2 is 2.05 bits per heavy atom. The van der Waals surface area contributed by atoms with Crippen molar-refractivity contribution in [3.63, 3.8) is 0 Å². The molecule has 0 bridgehead atoms. The van der Waals surface area contributed by atoms with Crippen LogP contribution in [0.4, 0.5) is 5.69 Å². The zero-order valence-corrected chi connectivity index (χ0v) is 12.0. The molecular weight excluding hydrogens is 278 g/mol. The Bertz CT molecular complexity index is 643. The highest BCUT2D eigenvalue weighted by Gasteiger charge is 2.56. The molecule has 0 saturated carbocycles. The Kier molecular flexibility index (Phi) is 2.90. The van der Waals surface area contributed by atoms with Gasteiger partial charge in [-0.2, -0.15) is 10.2 Å². The molecular formula is C14H14ClN3O2. The number of azo groups is 1.